The summed E-state index contributed by atoms with van der Waals surface area (Å²) >= 11 is 0. The van der Waals surface area contributed by atoms with Crippen LogP contribution in [0.1, 0.15) is 0 Å². The predicted molar refractivity (Wildman–Crippen MR) is 307 cm³/mol. The van der Waals surface area contributed by atoms with Gasteiger partial charge in [0.05, 0.1) is 11.0 Å². The summed E-state index contributed by atoms with van der Waals surface area (Å²) < 4.78 is 11.3. The van der Waals surface area contributed by atoms with E-state index in [1.807, 2.05) is 0 Å². The Morgan fingerprint density at radius 1 is 0.225 bits per heavy atom. The van der Waals surface area contributed by atoms with Crippen LogP contribution in [0.25, 0.3) is 27.5 Å². The van der Waals surface area contributed by atoms with Crippen LogP contribution in [-0.2, 0) is 4.12 Å². The molecule has 338 valence electrons. The topological polar surface area (TPSA) is 14.2 Å². The lowest BCUT2D eigenvalue weighted by atomic mass is 10.2. The number of hydrogen-bond donors (Lipinski definition) is 0. The lowest BCUT2D eigenvalue weighted by molar-refractivity contribution is 0.600. The van der Waals surface area contributed by atoms with E-state index in [0.717, 1.165) is 5.69 Å². The summed E-state index contributed by atoms with van der Waals surface area (Å²) in [4.78, 5) is 0. The molecule has 11 aromatic carbocycles. The van der Waals surface area contributed by atoms with E-state index >= 15 is 0 Å². The number of benzene rings is 11. The average Bonchev–Trinajstić information content (AvgIpc) is 3.80. The van der Waals surface area contributed by atoms with Crippen LogP contribution in [0.4, 0.5) is 0 Å². The van der Waals surface area contributed by atoms with Crippen molar-refractivity contribution >= 4 is 98.4 Å². The standard InChI is InChI=1S/C66H51NOSi3/c1-8-29-53(30-9-1)69(54-31-10-2-11-32-54,60-43-26-28-52(50-60)67-65-48-24-22-46-63(65)64-47-23-25-49-66(64)67)61-44-27-45-62(51-61)71(58-39-18-6-19-40-58,59-41-20-7-21-42-59)68-70(55-33-12-3-13-34-55,56-35-14-4-15-36-56)57-37-16-5-17-38-57/h1-51H. The fourth-order valence-electron chi connectivity index (χ4n) is 11.4. The summed E-state index contributed by atoms with van der Waals surface area (Å²) in [5.74, 6) is 0. The fraction of sp³-hybridized carbons (Fsp3) is 0. The van der Waals surface area contributed by atoms with Crippen molar-refractivity contribution in [2.45, 2.75) is 0 Å². The highest BCUT2D eigenvalue weighted by molar-refractivity contribution is 7.21. The number of nitrogens with zero attached hydrogens (tertiary/aromatic N) is 1. The van der Waals surface area contributed by atoms with Gasteiger partial charge in [-0.15, -0.1) is 0 Å². The maximum Gasteiger partial charge on any atom is 0.278 e. The van der Waals surface area contributed by atoms with Crippen LogP contribution >= 0.6 is 0 Å². The van der Waals surface area contributed by atoms with Gasteiger partial charge in [-0.3, -0.25) is 0 Å². The van der Waals surface area contributed by atoms with Crippen LogP contribution in [0.5, 0.6) is 0 Å². The van der Waals surface area contributed by atoms with Gasteiger partial charge in [-0.2, -0.15) is 0 Å². The van der Waals surface area contributed by atoms with Gasteiger partial charge in [0.25, 0.3) is 16.6 Å². The molecule has 71 heavy (non-hydrogen) atoms. The summed E-state index contributed by atoms with van der Waals surface area (Å²) in [7, 11) is -10.1. The van der Waals surface area contributed by atoms with Gasteiger partial charge in [0, 0.05) is 16.5 Å². The maximum absolute atomic E-state index is 8.87. The second-order valence-electron chi connectivity index (χ2n) is 18.3. The Kier molecular flexibility index (Phi) is 11.8. The largest absolute Gasteiger partial charge is 0.435 e. The fourth-order valence-corrected chi connectivity index (χ4v) is 27.0. The Hall–Kier alpha value is -8.17. The van der Waals surface area contributed by atoms with E-state index in [2.05, 4.69) is 314 Å². The Balaban J connectivity index is 1.19. The van der Waals surface area contributed by atoms with E-state index in [-0.39, 0.29) is 0 Å². The van der Waals surface area contributed by atoms with Gasteiger partial charge >= 0.3 is 0 Å². The van der Waals surface area contributed by atoms with Crippen LogP contribution in [0.2, 0.25) is 0 Å². The number of para-hydroxylation sites is 2. The van der Waals surface area contributed by atoms with Crippen molar-refractivity contribution in [3.8, 4) is 5.69 Å². The first-order valence-electron chi connectivity index (χ1n) is 24.5. The minimum atomic E-state index is -3.56. The smallest absolute Gasteiger partial charge is 0.278 e. The number of fused-ring (bicyclic) bond motifs is 3. The van der Waals surface area contributed by atoms with Crippen molar-refractivity contribution in [3.63, 3.8) is 0 Å². The molecule has 0 N–H and O–H groups in total. The molecule has 0 fully saturated rings. The normalized spacial score (nSPS) is 12.0. The lowest BCUT2D eigenvalue weighted by Gasteiger charge is -2.44. The van der Waals surface area contributed by atoms with Gasteiger partial charge < -0.3 is 8.68 Å². The Labute approximate surface area is 419 Å². The van der Waals surface area contributed by atoms with E-state index in [1.54, 1.807) is 0 Å². The third-order valence-electron chi connectivity index (χ3n) is 14.4. The van der Waals surface area contributed by atoms with Gasteiger partial charge in [0.2, 0.25) is 0 Å². The summed E-state index contributed by atoms with van der Waals surface area (Å²) in [6, 6.07) is 115. The van der Waals surface area contributed by atoms with Gasteiger partial charge in [0.15, 0.2) is 8.07 Å². The van der Waals surface area contributed by atoms with Crippen LogP contribution in [0, 0.1) is 0 Å². The third kappa shape index (κ3) is 7.50. The molecule has 0 aliphatic carbocycles. The highest BCUT2D eigenvalue weighted by Crippen LogP contribution is 2.32. The van der Waals surface area contributed by atoms with Gasteiger partial charge in [-0.1, -0.05) is 285 Å². The first kappa shape index (κ1) is 44.1. The van der Waals surface area contributed by atoms with Crippen molar-refractivity contribution in [2.75, 3.05) is 0 Å². The second-order valence-corrected chi connectivity index (χ2v) is 29.1. The van der Waals surface area contributed by atoms with E-state index in [9.17, 15) is 0 Å². The van der Waals surface area contributed by atoms with Gasteiger partial charge in [-0.05, 0) is 76.1 Å². The van der Waals surface area contributed by atoms with Crippen molar-refractivity contribution in [3.05, 3.63) is 309 Å². The molecule has 0 bridgehead atoms. The molecule has 1 aromatic heterocycles. The molecule has 0 amide bonds. The zero-order valence-corrected chi connectivity index (χ0v) is 42.3. The molecule has 12 aromatic rings. The van der Waals surface area contributed by atoms with Crippen molar-refractivity contribution in [1.29, 1.82) is 0 Å². The lowest BCUT2D eigenvalue weighted by Crippen LogP contribution is -2.81. The average molecular weight is 958 g/mol. The number of hydrogen-bond acceptors (Lipinski definition) is 1. The van der Waals surface area contributed by atoms with Crippen molar-refractivity contribution in [2.24, 2.45) is 0 Å². The zero-order chi connectivity index (χ0) is 47.5. The van der Waals surface area contributed by atoms with Gasteiger partial charge in [0.1, 0.15) is 0 Å². The van der Waals surface area contributed by atoms with Crippen LogP contribution < -0.4 is 51.9 Å². The summed E-state index contributed by atoms with van der Waals surface area (Å²) in [6.45, 7) is 0. The number of aromatic nitrogens is 1. The molecular weight excluding hydrogens is 907 g/mol. The minimum Gasteiger partial charge on any atom is -0.435 e. The molecule has 2 nitrogen and oxygen atoms in total. The van der Waals surface area contributed by atoms with Crippen LogP contribution in [0.3, 0.4) is 0 Å². The Morgan fingerprint density at radius 3 is 0.901 bits per heavy atom. The van der Waals surface area contributed by atoms with Crippen LogP contribution in [-0.4, -0.2) is 29.3 Å². The molecule has 0 radical (unpaired) electrons. The van der Waals surface area contributed by atoms with E-state index in [1.165, 1.54) is 73.7 Å². The Bertz CT molecular complexity index is 3490. The first-order chi connectivity index (χ1) is 35.2. The third-order valence-corrected chi connectivity index (χ3v) is 28.5. The molecule has 0 saturated carbocycles. The van der Waals surface area contributed by atoms with Gasteiger partial charge in [-0.25, -0.2) is 0 Å². The maximum atomic E-state index is 8.87. The second kappa shape index (κ2) is 19.0. The predicted octanol–water partition coefficient (Wildman–Crippen LogP) is 8.81. The molecule has 0 aliphatic rings. The van der Waals surface area contributed by atoms with Crippen molar-refractivity contribution < 1.29 is 4.12 Å². The van der Waals surface area contributed by atoms with E-state index in [4.69, 9.17) is 4.12 Å². The highest BCUT2D eigenvalue weighted by atomic mass is 28.4. The van der Waals surface area contributed by atoms with E-state index < -0.39 is 24.7 Å². The van der Waals surface area contributed by atoms with Crippen LogP contribution in [0.15, 0.2) is 309 Å². The van der Waals surface area contributed by atoms with E-state index in [0.29, 0.717) is 0 Å². The summed E-state index contributed by atoms with van der Waals surface area (Å²) in [5, 5.41) is 14.9. The summed E-state index contributed by atoms with van der Waals surface area (Å²) in [5.41, 5.74) is 3.53. The molecule has 0 atom stereocenters. The minimum absolute atomic E-state index is 1.14. The molecule has 0 spiro atoms. The molecule has 0 saturated heterocycles. The molecule has 12 rings (SSSR count). The molecule has 1 heterocycles. The molecule has 0 unspecified atom stereocenters. The summed E-state index contributed by atoms with van der Waals surface area (Å²) in [6.07, 6.45) is 0. The molecule has 0 aliphatic heterocycles. The quantitative estimate of drug-likeness (QED) is 0.0834. The molecular formula is C66H51NOSi3. The Morgan fingerprint density at radius 2 is 0.507 bits per heavy atom. The monoisotopic (exact) mass is 957 g/mol. The first-order valence-corrected chi connectivity index (χ1v) is 30.3. The highest BCUT2D eigenvalue weighted by Gasteiger charge is 2.53. The number of rotatable bonds is 13. The SMILES string of the molecule is c1ccc([Si](O[Si](c2ccccc2)(c2ccccc2)c2cccc([Si](c3ccccc3)(c3ccccc3)c3cccc(-n4c5ccccc5c5ccccc54)c3)c2)(c2ccccc2)c2ccccc2)cc1. The zero-order valence-electron chi connectivity index (χ0n) is 39.3. The molecule has 5 heteroatoms. The van der Waals surface area contributed by atoms with Crippen molar-refractivity contribution in [1.82, 2.24) is 4.57 Å².